The number of alkyl halides is 3. The number of amides is 1. The van der Waals surface area contributed by atoms with Gasteiger partial charge in [-0.25, -0.2) is 9.18 Å². The average molecular weight is 420 g/mol. The van der Waals surface area contributed by atoms with Crippen molar-refractivity contribution >= 4 is 11.9 Å². The summed E-state index contributed by atoms with van der Waals surface area (Å²) >= 11 is 0. The highest BCUT2D eigenvalue weighted by Gasteiger charge is 2.44. The molecule has 0 aromatic heterocycles. The molecule has 0 radical (unpaired) electrons. The van der Waals surface area contributed by atoms with E-state index in [1.165, 1.54) is 6.07 Å². The summed E-state index contributed by atoms with van der Waals surface area (Å²) < 4.78 is 51.4. The fourth-order valence-electron chi connectivity index (χ4n) is 3.40. The molecule has 0 saturated carbocycles. The molecule has 2 aliphatic rings. The molecule has 2 bridgehead atoms. The van der Waals surface area contributed by atoms with Crippen LogP contribution in [0.25, 0.3) is 0 Å². The SMILES string of the molecule is CC(C)NC(=O)[C@H]1C[C@@H]2CN(Cc3ccccc3F)C[C@H]1O2.O=C(O)C(F)(F)F. The second-order valence-corrected chi connectivity index (χ2v) is 7.39. The molecule has 1 aromatic carbocycles. The van der Waals surface area contributed by atoms with Crippen LogP contribution < -0.4 is 5.32 Å². The van der Waals surface area contributed by atoms with Crippen LogP contribution in [0.5, 0.6) is 0 Å². The Morgan fingerprint density at radius 2 is 1.90 bits per heavy atom. The van der Waals surface area contributed by atoms with Crippen LogP contribution in [0, 0.1) is 11.7 Å². The van der Waals surface area contributed by atoms with Gasteiger partial charge in [0.05, 0.1) is 18.1 Å². The number of nitrogens with zero attached hydrogens (tertiary/aromatic N) is 1. The molecule has 0 aliphatic carbocycles. The normalized spacial score (nSPS) is 24.0. The number of aliphatic carboxylic acids is 1. The molecule has 3 rings (SSSR count). The number of nitrogens with one attached hydrogen (secondary N) is 1. The van der Waals surface area contributed by atoms with Crippen molar-refractivity contribution in [3.8, 4) is 0 Å². The van der Waals surface area contributed by atoms with Crippen LogP contribution >= 0.6 is 0 Å². The van der Waals surface area contributed by atoms with Crippen molar-refractivity contribution < 1.29 is 37.0 Å². The molecule has 1 aromatic rings. The van der Waals surface area contributed by atoms with Gasteiger partial charge in [-0.3, -0.25) is 9.69 Å². The van der Waals surface area contributed by atoms with E-state index in [1.54, 1.807) is 6.07 Å². The Morgan fingerprint density at radius 3 is 2.45 bits per heavy atom. The fourth-order valence-corrected chi connectivity index (χ4v) is 3.40. The second-order valence-electron chi connectivity index (χ2n) is 7.39. The lowest BCUT2D eigenvalue weighted by atomic mass is 9.99. The van der Waals surface area contributed by atoms with Gasteiger partial charge in [0.15, 0.2) is 0 Å². The Morgan fingerprint density at radius 1 is 1.28 bits per heavy atom. The minimum Gasteiger partial charge on any atom is -0.475 e. The number of hydrogen-bond acceptors (Lipinski definition) is 4. The van der Waals surface area contributed by atoms with Gasteiger partial charge in [-0.2, -0.15) is 13.2 Å². The van der Waals surface area contributed by atoms with Crippen molar-refractivity contribution in [2.45, 2.75) is 51.2 Å². The number of hydrogen-bond donors (Lipinski definition) is 2. The number of morpholine rings is 1. The van der Waals surface area contributed by atoms with Gasteiger partial charge in [0, 0.05) is 31.2 Å². The molecule has 2 heterocycles. The Balaban J connectivity index is 0.000000370. The molecule has 3 atom stereocenters. The highest BCUT2D eigenvalue weighted by molar-refractivity contribution is 5.80. The van der Waals surface area contributed by atoms with Crippen molar-refractivity contribution in [2.75, 3.05) is 13.1 Å². The lowest BCUT2D eigenvalue weighted by molar-refractivity contribution is -0.192. The number of halogens is 4. The number of fused-ring (bicyclic) bond motifs is 2. The molecule has 2 aliphatic heterocycles. The van der Waals surface area contributed by atoms with Crippen LogP contribution in [0.1, 0.15) is 25.8 Å². The maximum Gasteiger partial charge on any atom is 0.490 e. The van der Waals surface area contributed by atoms with Crippen LogP contribution in [-0.2, 0) is 20.9 Å². The zero-order chi connectivity index (χ0) is 21.8. The lowest BCUT2D eigenvalue weighted by Gasteiger charge is -2.32. The molecule has 2 fully saturated rings. The maximum atomic E-state index is 13.8. The van der Waals surface area contributed by atoms with Gasteiger partial charge in [0.25, 0.3) is 0 Å². The molecule has 29 heavy (non-hydrogen) atoms. The van der Waals surface area contributed by atoms with E-state index >= 15 is 0 Å². The van der Waals surface area contributed by atoms with E-state index < -0.39 is 12.1 Å². The molecule has 10 heteroatoms. The van der Waals surface area contributed by atoms with Gasteiger partial charge in [0.1, 0.15) is 5.82 Å². The van der Waals surface area contributed by atoms with Gasteiger partial charge in [-0.15, -0.1) is 0 Å². The predicted molar refractivity (Wildman–Crippen MR) is 95.4 cm³/mol. The monoisotopic (exact) mass is 420 g/mol. The van der Waals surface area contributed by atoms with Gasteiger partial charge in [-0.05, 0) is 26.3 Å². The minimum absolute atomic E-state index is 0.0773. The number of carboxylic acid groups (broad SMARTS) is 1. The van der Waals surface area contributed by atoms with Crippen LogP contribution in [0.4, 0.5) is 17.6 Å². The van der Waals surface area contributed by atoms with Crippen molar-refractivity contribution in [1.29, 1.82) is 0 Å². The van der Waals surface area contributed by atoms with E-state index in [-0.39, 0.29) is 35.9 Å². The summed E-state index contributed by atoms with van der Waals surface area (Å²) in [5, 5.41) is 10.1. The highest BCUT2D eigenvalue weighted by atomic mass is 19.4. The average Bonchev–Trinajstić information content (AvgIpc) is 2.90. The number of benzene rings is 1. The molecule has 1 amide bonds. The van der Waals surface area contributed by atoms with Crippen molar-refractivity contribution in [3.63, 3.8) is 0 Å². The van der Waals surface area contributed by atoms with Crippen LogP contribution in [0.2, 0.25) is 0 Å². The quantitative estimate of drug-likeness (QED) is 0.732. The van der Waals surface area contributed by atoms with Gasteiger partial charge in [-0.1, -0.05) is 18.2 Å². The molecule has 0 unspecified atom stereocenters. The molecular formula is C19H24F4N2O4. The summed E-state index contributed by atoms with van der Waals surface area (Å²) in [5.74, 6) is -2.93. The third kappa shape index (κ3) is 6.67. The highest BCUT2D eigenvalue weighted by Crippen LogP contribution is 2.33. The molecule has 2 saturated heterocycles. The smallest absolute Gasteiger partial charge is 0.475 e. The van der Waals surface area contributed by atoms with E-state index in [4.69, 9.17) is 14.6 Å². The first-order valence-electron chi connectivity index (χ1n) is 9.19. The summed E-state index contributed by atoms with van der Waals surface area (Å²) in [6.07, 6.45) is -4.32. The fraction of sp³-hybridized carbons (Fsp3) is 0.579. The first kappa shape index (κ1) is 23.1. The summed E-state index contributed by atoms with van der Waals surface area (Å²) in [5.41, 5.74) is 0.701. The number of rotatable bonds is 4. The number of carbonyl (C=O) groups is 2. The minimum atomic E-state index is -5.08. The molecule has 162 valence electrons. The summed E-state index contributed by atoms with van der Waals surface area (Å²) in [6.45, 7) is 5.94. The number of ether oxygens (including phenoxy) is 1. The Labute approximate surface area is 165 Å². The molecule has 0 spiro atoms. The predicted octanol–water partition coefficient (Wildman–Crippen LogP) is 2.57. The molecular weight excluding hydrogens is 396 g/mol. The van der Waals surface area contributed by atoms with Gasteiger partial charge < -0.3 is 15.2 Å². The van der Waals surface area contributed by atoms with Crippen molar-refractivity contribution in [2.24, 2.45) is 5.92 Å². The maximum absolute atomic E-state index is 13.8. The molecule has 2 N–H and O–H groups in total. The van der Waals surface area contributed by atoms with Crippen LogP contribution in [0.15, 0.2) is 24.3 Å². The third-order valence-electron chi connectivity index (χ3n) is 4.59. The first-order valence-corrected chi connectivity index (χ1v) is 9.19. The van der Waals surface area contributed by atoms with E-state index in [0.717, 1.165) is 13.0 Å². The lowest BCUT2D eigenvalue weighted by Crippen LogP contribution is -2.45. The molecule has 6 nitrogen and oxygen atoms in total. The number of carboxylic acids is 1. The number of likely N-dealkylation sites (tertiary alicyclic amines) is 1. The second kappa shape index (κ2) is 9.53. The van der Waals surface area contributed by atoms with Gasteiger partial charge in [0.2, 0.25) is 5.91 Å². The zero-order valence-electron chi connectivity index (χ0n) is 16.1. The zero-order valence-corrected chi connectivity index (χ0v) is 16.1. The van der Waals surface area contributed by atoms with Crippen molar-refractivity contribution in [3.05, 3.63) is 35.6 Å². The van der Waals surface area contributed by atoms with Gasteiger partial charge >= 0.3 is 12.1 Å². The van der Waals surface area contributed by atoms with E-state index in [9.17, 15) is 22.4 Å². The van der Waals surface area contributed by atoms with Crippen LogP contribution in [-0.4, -0.2) is 59.4 Å². The Bertz CT molecular complexity index is 726. The first-order chi connectivity index (χ1) is 13.5. The van der Waals surface area contributed by atoms with Crippen molar-refractivity contribution in [1.82, 2.24) is 10.2 Å². The van der Waals surface area contributed by atoms with E-state index in [0.29, 0.717) is 18.7 Å². The van der Waals surface area contributed by atoms with Crippen LogP contribution in [0.3, 0.4) is 0 Å². The third-order valence-corrected chi connectivity index (χ3v) is 4.59. The largest absolute Gasteiger partial charge is 0.490 e. The summed E-state index contributed by atoms with van der Waals surface area (Å²) in [4.78, 5) is 23.3. The van der Waals surface area contributed by atoms with E-state index in [1.807, 2.05) is 26.0 Å². The Kier molecular flexibility index (Phi) is 7.59. The standard InChI is InChI=1S/C17H23FN2O2.C2HF3O2/c1-11(2)19-17(21)14-7-13-9-20(10-16(14)22-13)8-12-5-3-4-6-15(12)18;3-2(4,5)1(6)7/h3-6,11,13-14,16H,7-10H2,1-2H3,(H,19,21);(H,6,7)/t13-,14+,16-;/m1./s1. The topological polar surface area (TPSA) is 78.9 Å². The summed E-state index contributed by atoms with van der Waals surface area (Å²) in [7, 11) is 0. The Hall–Kier alpha value is -2.20. The number of carbonyl (C=O) groups excluding carboxylic acids is 1. The summed E-state index contributed by atoms with van der Waals surface area (Å²) in [6, 6.07) is 7.00. The van der Waals surface area contributed by atoms with E-state index in [2.05, 4.69) is 10.2 Å².